The van der Waals surface area contributed by atoms with Crippen molar-refractivity contribution in [2.45, 2.75) is 31.3 Å². The Morgan fingerprint density at radius 2 is 1.92 bits per heavy atom. The normalized spacial score (nSPS) is 25.1. The van der Waals surface area contributed by atoms with Gasteiger partial charge in [0, 0.05) is 18.2 Å². The topological polar surface area (TPSA) is 83.6 Å². The van der Waals surface area contributed by atoms with Crippen LogP contribution in [0.15, 0.2) is 18.2 Å². The quantitative estimate of drug-likeness (QED) is 0.833. The van der Waals surface area contributed by atoms with Crippen LogP contribution in [0.2, 0.25) is 10.0 Å². The Bertz CT molecular complexity index is 812. The van der Waals surface area contributed by atoms with Gasteiger partial charge in [-0.25, -0.2) is 8.42 Å². The molecule has 2 saturated heterocycles. The van der Waals surface area contributed by atoms with Crippen LogP contribution in [0, 0.1) is 0 Å². The standard InChI is InChI=1S/C16H18Cl2N2O4S/c17-12-4-3-10(8-13(12)18)16(22)20-6-1-2-14(20)15(21)19-11-5-7-25(23,24)9-11/h3-4,8,11,14H,1-2,5-7,9H2,(H,19,21)/t11-,14-/m1/s1. The van der Waals surface area contributed by atoms with Crippen molar-refractivity contribution in [2.75, 3.05) is 18.1 Å². The van der Waals surface area contributed by atoms with E-state index in [4.69, 9.17) is 23.2 Å². The van der Waals surface area contributed by atoms with E-state index in [9.17, 15) is 18.0 Å². The van der Waals surface area contributed by atoms with E-state index in [1.54, 1.807) is 12.1 Å². The summed E-state index contributed by atoms with van der Waals surface area (Å²) in [7, 11) is -3.07. The zero-order valence-electron chi connectivity index (χ0n) is 13.4. The lowest BCUT2D eigenvalue weighted by molar-refractivity contribution is -0.125. The average molecular weight is 405 g/mol. The number of nitrogens with zero attached hydrogens (tertiary/aromatic N) is 1. The molecule has 2 amide bonds. The van der Waals surface area contributed by atoms with Gasteiger partial charge in [0.1, 0.15) is 6.04 Å². The molecule has 6 nitrogen and oxygen atoms in total. The zero-order valence-corrected chi connectivity index (χ0v) is 15.7. The largest absolute Gasteiger partial charge is 0.351 e. The monoisotopic (exact) mass is 404 g/mol. The van der Waals surface area contributed by atoms with Gasteiger partial charge in [-0.3, -0.25) is 9.59 Å². The molecule has 2 aliphatic heterocycles. The number of hydrogen-bond donors (Lipinski definition) is 1. The van der Waals surface area contributed by atoms with E-state index < -0.39 is 15.9 Å². The van der Waals surface area contributed by atoms with Gasteiger partial charge in [0.05, 0.1) is 21.6 Å². The number of benzene rings is 1. The van der Waals surface area contributed by atoms with Crippen molar-refractivity contribution in [1.82, 2.24) is 10.2 Å². The van der Waals surface area contributed by atoms with Gasteiger partial charge in [-0.2, -0.15) is 0 Å². The summed E-state index contributed by atoms with van der Waals surface area (Å²) in [5, 5.41) is 3.41. The predicted octanol–water partition coefficient (Wildman–Crippen LogP) is 1.90. The lowest BCUT2D eigenvalue weighted by Gasteiger charge is -2.25. The van der Waals surface area contributed by atoms with Gasteiger partial charge in [-0.1, -0.05) is 23.2 Å². The van der Waals surface area contributed by atoms with Crippen LogP contribution in [0.25, 0.3) is 0 Å². The van der Waals surface area contributed by atoms with E-state index in [2.05, 4.69) is 5.32 Å². The van der Waals surface area contributed by atoms with Crippen LogP contribution in [0.4, 0.5) is 0 Å². The van der Waals surface area contributed by atoms with Crippen LogP contribution >= 0.6 is 23.2 Å². The number of carbonyl (C=O) groups excluding carboxylic acids is 2. The average Bonchev–Trinajstić information content (AvgIpc) is 3.16. The Morgan fingerprint density at radius 1 is 1.16 bits per heavy atom. The molecule has 0 bridgehead atoms. The number of likely N-dealkylation sites (tertiary alicyclic amines) is 1. The SMILES string of the molecule is O=C(N[C@@H]1CCS(=O)(=O)C1)[C@H]1CCCN1C(=O)c1ccc(Cl)c(Cl)c1. The summed E-state index contributed by atoms with van der Waals surface area (Å²) in [6.45, 7) is 0.472. The van der Waals surface area contributed by atoms with Crippen LogP contribution in [0.5, 0.6) is 0 Å². The fraction of sp³-hybridized carbons (Fsp3) is 0.500. The van der Waals surface area contributed by atoms with Gasteiger partial charge in [-0.05, 0) is 37.5 Å². The molecular formula is C16H18Cl2N2O4S. The lowest BCUT2D eigenvalue weighted by Crippen LogP contribution is -2.49. The van der Waals surface area contributed by atoms with Gasteiger partial charge >= 0.3 is 0 Å². The maximum Gasteiger partial charge on any atom is 0.254 e. The molecule has 2 aliphatic rings. The minimum Gasteiger partial charge on any atom is -0.351 e. The van der Waals surface area contributed by atoms with Crippen molar-refractivity contribution >= 4 is 44.9 Å². The van der Waals surface area contributed by atoms with Gasteiger partial charge < -0.3 is 10.2 Å². The van der Waals surface area contributed by atoms with E-state index in [0.717, 1.165) is 0 Å². The van der Waals surface area contributed by atoms with Crippen LogP contribution in [-0.2, 0) is 14.6 Å². The van der Waals surface area contributed by atoms with Crippen molar-refractivity contribution in [1.29, 1.82) is 0 Å². The van der Waals surface area contributed by atoms with Crippen molar-refractivity contribution in [3.05, 3.63) is 33.8 Å². The fourth-order valence-corrected chi connectivity index (χ4v) is 5.26. The zero-order chi connectivity index (χ0) is 18.2. The Labute approximate surface area is 156 Å². The molecule has 2 atom stereocenters. The molecule has 0 spiro atoms. The van der Waals surface area contributed by atoms with Crippen molar-refractivity contribution in [3.8, 4) is 0 Å². The minimum absolute atomic E-state index is 0.0355. The summed E-state index contributed by atoms with van der Waals surface area (Å²) in [6, 6.07) is 3.65. The molecule has 1 aromatic carbocycles. The third kappa shape index (κ3) is 4.10. The Balaban J connectivity index is 1.70. The molecule has 25 heavy (non-hydrogen) atoms. The number of sulfone groups is 1. The summed E-state index contributed by atoms with van der Waals surface area (Å²) in [6.07, 6.45) is 1.69. The molecule has 0 aliphatic carbocycles. The van der Waals surface area contributed by atoms with Crippen LogP contribution < -0.4 is 5.32 Å². The number of amides is 2. The van der Waals surface area contributed by atoms with Gasteiger partial charge in [0.2, 0.25) is 5.91 Å². The maximum absolute atomic E-state index is 12.7. The molecule has 0 aromatic heterocycles. The summed E-state index contributed by atoms with van der Waals surface area (Å²) >= 11 is 11.8. The summed E-state index contributed by atoms with van der Waals surface area (Å²) in [5.41, 5.74) is 0.373. The number of halogens is 2. The molecule has 1 aromatic rings. The minimum atomic E-state index is -3.07. The van der Waals surface area contributed by atoms with Gasteiger partial charge in [0.15, 0.2) is 9.84 Å². The summed E-state index contributed by atoms with van der Waals surface area (Å²) in [4.78, 5) is 26.8. The second-order valence-corrected chi connectivity index (χ2v) is 9.44. The van der Waals surface area contributed by atoms with Crippen molar-refractivity contribution < 1.29 is 18.0 Å². The third-order valence-electron chi connectivity index (χ3n) is 4.56. The summed E-state index contributed by atoms with van der Waals surface area (Å²) in [5.74, 6) is -0.524. The Kier molecular flexibility index (Phi) is 5.27. The van der Waals surface area contributed by atoms with Gasteiger partial charge in [0.25, 0.3) is 5.91 Å². The highest BCUT2D eigenvalue weighted by Crippen LogP contribution is 2.26. The Hall–Kier alpha value is -1.31. The first-order chi connectivity index (χ1) is 11.8. The second kappa shape index (κ2) is 7.13. The van der Waals surface area contributed by atoms with Crippen LogP contribution in [-0.4, -0.2) is 55.3 Å². The van der Waals surface area contributed by atoms with Gasteiger partial charge in [-0.15, -0.1) is 0 Å². The first kappa shape index (κ1) is 18.5. The number of nitrogens with one attached hydrogen (secondary N) is 1. The molecular weight excluding hydrogens is 387 g/mol. The first-order valence-electron chi connectivity index (χ1n) is 8.04. The van der Waals surface area contributed by atoms with Crippen LogP contribution in [0.1, 0.15) is 29.6 Å². The predicted molar refractivity (Wildman–Crippen MR) is 95.7 cm³/mol. The van der Waals surface area contributed by atoms with E-state index in [1.165, 1.54) is 11.0 Å². The lowest BCUT2D eigenvalue weighted by atomic mass is 10.1. The fourth-order valence-electron chi connectivity index (χ4n) is 3.28. The van der Waals surface area contributed by atoms with Crippen molar-refractivity contribution in [2.24, 2.45) is 0 Å². The number of carbonyl (C=O) groups is 2. The smallest absolute Gasteiger partial charge is 0.254 e. The van der Waals surface area contributed by atoms with E-state index in [-0.39, 0.29) is 34.4 Å². The number of rotatable bonds is 3. The molecule has 136 valence electrons. The molecule has 0 unspecified atom stereocenters. The second-order valence-electron chi connectivity index (χ2n) is 6.39. The molecule has 9 heteroatoms. The highest BCUT2D eigenvalue weighted by molar-refractivity contribution is 7.91. The van der Waals surface area contributed by atoms with Crippen LogP contribution in [0.3, 0.4) is 0 Å². The molecule has 2 heterocycles. The van der Waals surface area contributed by atoms with E-state index >= 15 is 0 Å². The Morgan fingerprint density at radius 3 is 2.56 bits per heavy atom. The molecule has 3 rings (SSSR count). The van der Waals surface area contributed by atoms with Crippen molar-refractivity contribution in [3.63, 3.8) is 0 Å². The first-order valence-corrected chi connectivity index (χ1v) is 10.6. The maximum atomic E-state index is 12.7. The third-order valence-corrected chi connectivity index (χ3v) is 7.07. The molecule has 0 saturated carbocycles. The molecule has 1 N–H and O–H groups in total. The molecule has 2 fully saturated rings. The number of hydrogen-bond acceptors (Lipinski definition) is 4. The van der Waals surface area contributed by atoms with E-state index in [0.29, 0.717) is 36.4 Å². The highest BCUT2D eigenvalue weighted by atomic mass is 35.5. The highest BCUT2D eigenvalue weighted by Gasteiger charge is 2.37. The molecule has 0 radical (unpaired) electrons. The van der Waals surface area contributed by atoms with E-state index in [1.807, 2.05) is 0 Å². The summed E-state index contributed by atoms with van der Waals surface area (Å²) < 4.78 is 23.0.